The Morgan fingerprint density at radius 3 is 2.74 bits per heavy atom. The zero-order valence-electron chi connectivity index (χ0n) is 11.3. The van der Waals surface area contributed by atoms with Gasteiger partial charge < -0.3 is 19.1 Å². The molecule has 0 radical (unpaired) electrons. The van der Waals surface area contributed by atoms with Gasteiger partial charge in [-0.05, 0) is 13.0 Å². The minimum atomic E-state index is -0.847. The maximum Gasteiger partial charge on any atom is 0.166 e. The number of aryl methyl sites for hydroxylation is 1. The zero-order chi connectivity index (χ0) is 13.8. The maximum atomic E-state index is 10.5. The van der Waals surface area contributed by atoms with Crippen LogP contribution in [0.3, 0.4) is 0 Å². The topological polar surface area (TPSA) is 56.5 Å². The first kappa shape index (κ1) is 13.4. The van der Waals surface area contributed by atoms with Gasteiger partial charge >= 0.3 is 0 Å². The Bertz CT molecular complexity index is 551. The predicted octanol–water partition coefficient (Wildman–Crippen LogP) is 2.00. The van der Waals surface area contributed by atoms with Gasteiger partial charge in [-0.2, -0.15) is 0 Å². The molecule has 1 heterocycles. The number of ether oxygens (including phenoxy) is 2. The third-order valence-electron chi connectivity index (χ3n) is 3.06. The fraction of sp³-hybridized carbons (Fsp3) is 0.357. The molecule has 0 fully saturated rings. The van der Waals surface area contributed by atoms with Gasteiger partial charge in [-0.3, -0.25) is 0 Å². The zero-order valence-corrected chi connectivity index (χ0v) is 11.3. The molecule has 1 aromatic carbocycles. The molecule has 0 unspecified atom stereocenters. The van der Waals surface area contributed by atoms with Crippen LogP contribution >= 0.6 is 0 Å². The molecule has 5 nitrogen and oxygen atoms in total. The average molecular weight is 262 g/mol. The molecular formula is C14H18N2O3. The monoisotopic (exact) mass is 262 g/mol. The fourth-order valence-corrected chi connectivity index (χ4v) is 2.10. The van der Waals surface area contributed by atoms with E-state index in [0.29, 0.717) is 22.9 Å². The van der Waals surface area contributed by atoms with Gasteiger partial charge in [-0.25, -0.2) is 4.98 Å². The summed E-state index contributed by atoms with van der Waals surface area (Å²) in [7, 11) is 3.13. The molecular weight excluding hydrogens is 244 g/mol. The summed E-state index contributed by atoms with van der Waals surface area (Å²) < 4.78 is 12.5. The highest BCUT2D eigenvalue weighted by Gasteiger charge is 2.21. The second-order valence-electron chi connectivity index (χ2n) is 4.06. The third kappa shape index (κ3) is 2.42. The van der Waals surface area contributed by atoms with E-state index in [-0.39, 0.29) is 0 Å². The number of aromatic nitrogens is 2. The number of aliphatic hydroxyl groups excluding tert-OH is 1. The molecule has 2 rings (SSSR count). The Labute approximate surface area is 112 Å². The fourth-order valence-electron chi connectivity index (χ4n) is 2.10. The van der Waals surface area contributed by atoms with Crippen molar-refractivity contribution >= 4 is 0 Å². The summed E-state index contributed by atoms with van der Waals surface area (Å²) in [6, 6.07) is 5.42. The summed E-state index contributed by atoms with van der Waals surface area (Å²) in [5.74, 6) is 1.71. The second-order valence-corrected chi connectivity index (χ2v) is 4.06. The highest BCUT2D eigenvalue weighted by molar-refractivity contribution is 5.48. The van der Waals surface area contributed by atoms with Crippen molar-refractivity contribution in [2.24, 2.45) is 0 Å². The van der Waals surface area contributed by atoms with Crippen molar-refractivity contribution < 1.29 is 14.6 Å². The van der Waals surface area contributed by atoms with Crippen LogP contribution in [0.2, 0.25) is 0 Å². The average Bonchev–Trinajstić information content (AvgIpc) is 2.93. The van der Waals surface area contributed by atoms with Gasteiger partial charge in [-0.15, -0.1) is 0 Å². The number of hydrogen-bond acceptors (Lipinski definition) is 4. The molecule has 0 bridgehead atoms. The standard InChI is InChI=1S/C14H18N2O3/c1-4-16-9-8-15-14(16)12(17)10-6-5-7-11(18-2)13(10)19-3/h5-9,12,17H,4H2,1-3H3/t12-/m0/s1. The largest absolute Gasteiger partial charge is 0.493 e. The Kier molecular flexibility index (Phi) is 4.06. The van der Waals surface area contributed by atoms with E-state index in [1.807, 2.05) is 23.8 Å². The molecule has 5 heteroatoms. The first-order valence-corrected chi connectivity index (χ1v) is 6.12. The van der Waals surface area contributed by atoms with Gasteiger partial charge in [0.25, 0.3) is 0 Å². The van der Waals surface area contributed by atoms with E-state index in [9.17, 15) is 5.11 Å². The molecule has 0 amide bonds. The molecule has 19 heavy (non-hydrogen) atoms. The Balaban J connectivity index is 2.46. The van der Waals surface area contributed by atoms with E-state index in [1.54, 1.807) is 32.5 Å². The summed E-state index contributed by atoms with van der Waals surface area (Å²) in [5, 5.41) is 10.5. The molecule has 0 aliphatic carbocycles. The molecule has 0 saturated heterocycles. The normalized spacial score (nSPS) is 12.2. The van der Waals surface area contributed by atoms with Gasteiger partial charge in [0.2, 0.25) is 0 Å². The quantitative estimate of drug-likeness (QED) is 0.895. The van der Waals surface area contributed by atoms with Crippen LogP contribution in [0.4, 0.5) is 0 Å². The highest BCUT2D eigenvalue weighted by atomic mass is 16.5. The number of para-hydroxylation sites is 1. The van der Waals surface area contributed by atoms with E-state index in [4.69, 9.17) is 9.47 Å². The van der Waals surface area contributed by atoms with E-state index >= 15 is 0 Å². The summed E-state index contributed by atoms with van der Waals surface area (Å²) in [4.78, 5) is 4.21. The summed E-state index contributed by atoms with van der Waals surface area (Å²) in [5.41, 5.74) is 0.641. The third-order valence-corrected chi connectivity index (χ3v) is 3.06. The first-order valence-electron chi connectivity index (χ1n) is 6.12. The number of nitrogens with zero attached hydrogens (tertiary/aromatic N) is 2. The maximum absolute atomic E-state index is 10.5. The minimum Gasteiger partial charge on any atom is -0.493 e. The van der Waals surface area contributed by atoms with Crippen LogP contribution in [0.1, 0.15) is 24.4 Å². The van der Waals surface area contributed by atoms with Crippen molar-refractivity contribution in [3.63, 3.8) is 0 Å². The van der Waals surface area contributed by atoms with E-state index in [2.05, 4.69) is 4.98 Å². The molecule has 0 aliphatic rings. The number of rotatable bonds is 5. The Morgan fingerprint density at radius 2 is 2.11 bits per heavy atom. The Hall–Kier alpha value is -2.01. The van der Waals surface area contributed by atoms with Gasteiger partial charge in [0.15, 0.2) is 11.5 Å². The van der Waals surface area contributed by atoms with Gasteiger partial charge in [0.1, 0.15) is 11.9 Å². The van der Waals surface area contributed by atoms with Crippen molar-refractivity contribution in [3.8, 4) is 11.5 Å². The summed E-state index contributed by atoms with van der Waals surface area (Å²) >= 11 is 0. The van der Waals surface area contributed by atoms with Crippen LogP contribution in [-0.4, -0.2) is 28.9 Å². The molecule has 0 spiro atoms. The van der Waals surface area contributed by atoms with Crippen molar-refractivity contribution in [3.05, 3.63) is 42.0 Å². The van der Waals surface area contributed by atoms with Gasteiger partial charge in [0, 0.05) is 24.5 Å². The number of benzene rings is 1. The van der Waals surface area contributed by atoms with Crippen molar-refractivity contribution in [2.75, 3.05) is 14.2 Å². The van der Waals surface area contributed by atoms with Crippen LogP contribution in [0.25, 0.3) is 0 Å². The molecule has 1 N–H and O–H groups in total. The van der Waals surface area contributed by atoms with E-state index in [0.717, 1.165) is 6.54 Å². The van der Waals surface area contributed by atoms with Crippen LogP contribution in [0.15, 0.2) is 30.6 Å². The smallest absolute Gasteiger partial charge is 0.166 e. The molecule has 0 saturated carbocycles. The number of methoxy groups -OCH3 is 2. The van der Waals surface area contributed by atoms with E-state index < -0.39 is 6.10 Å². The number of imidazole rings is 1. The Morgan fingerprint density at radius 1 is 1.32 bits per heavy atom. The number of hydrogen-bond donors (Lipinski definition) is 1. The van der Waals surface area contributed by atoms with Crippen LogP contribution in [-0.2, 0) is 6.54 Å². The molecule has 2 aromatic rings. The van der Waals surface area contributed by atoms with Crippen molar-refractivity contribution in [1.29, 1.82) is 0 Å². The lowest BCUT2D eigenvalue weighted by Crippen LogP contribution is -2.10. The summed E-state index contributed by atoms with van der Waals surface area (Å²) in [6.07, 6.45) is 2.67. The lowest BCUT2D eigenvalue weighted by Gasteiger charge is -2.17. The van der Waals surface area contributed by atoms with Gasteiger partial charge in [0.05, 0.1) is 14.2 Å². The predicted molar refractivity (Wildman–Crippen MR) is 71.5 cm³/mol. The van der Waals surface area contributed by atoms with Crippen LogP contribution in [0.5, 0.6) is 11.5 Å². The van der Waals surface area contributed by atoms with Crippen molar-refractivity contribution in [2.45, 2.75) is 19.6 Å². The van der Waals surface area contributed by atoms with Crippen molar-refractivity contribution in [1.82, 2.24) is 9.55 Å². The number of aliphatic hydroxyl groups is 1. The van der Waals surface area contributed by atoms with Crippen LogP contribution in [0, 0.1) is 0 Å². The van der Waals surface area contributed by atoms with Crippen LogP contribution < -0.4 is 9.47 Å². The summed E-state index contributed by atoms with van der Waals surface area (Å²) in [6.45, 7) is 2.75. The minimum absolute atomic E-state index is 0.531. The van der Waals surface area contributed by atoms with E-state index in [1.165, 1.54) is 0 Å². The first-order chi connectivity index (χ1) is 9.22. The molecule has 102 valence electrons. The lowest BCUT2D eigenvalue weighted by molar-refractivity contribution is 0.198. The molecule has 1 aromatic heterocycles. The second kappa shape index (κ2) is 5.75. The molecule has 0 aliphatic heterocycles. The SMILES string of the molecule is CCn1ccnc1[C@@H](O)c1cccc(OC)c1OC. The van der Waals surface area contributed by atoms with Gasteiger partial charge in [-0.1, -0.05) is 12.1 Å². The highest BCUT2D eigenvalue weighted by Crippen LogP contribution is 2.36. The molecule has 1 atom stereocenters. The lowest BCUT2D eigenvalue weighted by atomic mass is 10.1.